The summed E-state index contributed by atoms with van der Waals surface area (Å²) >= 11 is 0. The fraction of sp³-hybridized carbons (Fsp3) is 0.562. The lowest BCUT2D eigenvalue weighted by molar-refractivity contribution is -0.251. The van der Waals surface area contributed by atoms with Crippen LogP contribution in [-0.4, -0.2) is 40.3 Å². The second-order valence-corrected chi connectivity index (χ2v) is 8.83. The second kappa shape index (κ2) is 6.11. The molecule has 1 aliphatic rings. The predicted molar refractivity (Wildman–Crippen MR) is 86.4 cm³/mol. The number of carbonyl (C=O) groups excluding carboxylic acids is 1. The van der Waals surface area contributed by atoms with E-state index >= 15 is 0 Å². The highest BCUT2D eigenvalue weighted by Crippen LogP contribution is 2.40. The van der Waals surface area contributed by atoms with Crippen LogP contribution in [0.5, 0.6) is 5.75 Å². The van der Waals surface area contributed by atoms with Crippen molar-refractivity contribution in [2.45, 2.75) is 56.5 Å². The quantitative estimate of drug-likeness (QED) is 0.486. The fourth-order valence-corrected chi connectivity index (χ4v) is 3.80. The molecule has 2 N–H and O–H groups in total. The van der Waals surface area contributed by atoms with Crippen molar-refractivity contribution in [1.29, 1.82) is 0 Å². The number of piperidine rings is 1. The summed E-state index contributed by atoms with van der Waals surface area (Å²) in [5, 5.41) is 11.5. The molecule has 1 aliphatic heterocycles. The monoisotopic (exact) mass is 357 g/mol. The van der Waals surface area contributed by atoms with Gasteiger partial charge in [-0.15, -0.1) is 0 Å². The Hall–Kier alpha value is -1.48. The van der Waals surface area contributed by atoms with Crippen LogP contribution >= 0.6 is 0 Å². The number of nitrogens with zero attached hydrogens (tertiary/aromatic N) is 1. The highest BCUT2D eigenvalue weighted by molar-refractivity contribution is 7.85. The number of carbonyl (C=O) groups is 1. The Labute approximate surface area is 141 Å². The molecule has 0 bridgehead atoms. The van der Waals surface area contributed by atoms with Crippen LogP contribution in [0.25, 0.3) is 0 Å². The number of hydrogen-bond acceptors (Lipinski definition) is 6. The van der Waals surface area contributed by atoms with E-state index in [1.807, 2.05) is 27.7 Å². The first-order chi connectivity index (χ1) is 10.8. The van der Waals surface area contributed by atoms with Crippen LogP contribution in [0.3, 0.4) is 0 Å². The lowest BCUT2D eigenvalue weighted by atomic mass is 9.75. The molecule has 0 aromatic heterocycles. The molecule has 0 unspecified atom stereocenters. The summed E-state index contributed by atoms with van der Waals surface area (Å²) in [5.41, 5.74) is -1.14. The third-order valence-corrected chi connectivity index (χ3v) is 5.18. The molecule has 8 heteroatoms. The van der Waals surface area contributed by atoms with Gasteiger partial charge in [0.05, 0.1) is 10.8 Å². The van der Waals surface area contributed by atoms with E-state index in [1.165, 1.54) is 29.3 Å². The van der Waals surface area contributed by atoms with Crippen molar-refractivity contribution < 1.29 is 27.7 Å². The van der Waals surface area contributed by atoms with Crippen molar-refractivity contribution in [2.24, 2.45) is 5.92 Å². The molecule has 1 saturated heterocycles. The number of hydrogen-bond donors (Lipinski definition) is 2. The normalized spacial score (nSPS) is 21.4. The minimum atomic E-state index is -4.28. The van der Waals surface area contributed by atoms with Crippen molar-refractivity contribution >= 4 is 16.1 Å². The minimum absolute atomic E-state index is 0.203. The molecule has 0 saturated carbocycles. The van der Waals surface area contributed by atoms with Crippen LogP contribution in [0.15, 0.2) is 29.2 Å². The topological polar surface area (TPSA) is 104 Å². The molecule has 0 aliphatic carbocycles. The van der Waals surface area contributed by atoms with E-state index in [2.05, 4.69) is 0 Å². The molecule has 0 spiro atoms. The van der Waals surface area contributed by atoms with E-state index in [4.69, 9.17) is 9.29 Å². The maximum absolute atomic E-state index is 12.4. The molecule has 0 atom stereocenters. The van der Waals surface area contributed by atoms with Gasteiger partial charge in [0.15, 0.2) is 0 Å². The molecule has 0 radical (unpaired) electrons. The highest BCUT2D eigenvalue weighted by Gasteiger charge is 2.47. The van der Waals surface area contributed by atoms with Crippen molar-refractivity contribution in [3.8, 4) is 5.75 Å². The summed E-state index contributed by atoms with van der Waals surface area (Å²) in [5.74, 6) is -0.613. The SMILES string of the molecule is CC1(C)CC(C(=O)Oc2ccc(S(=O)(=O)O)cc2)CC(C)(C)N1O. The fourth-order valence-electron chi connectivity index (χ4n) is 3.32. The maximum atomic E-state index is 12.4. The Balaban J connectivity index is 2.12. The third-order valence-electron chi connectivity index (χ3n) is 4.31. The third kappa shape index (κ3) is 3.94. The molecular weight excluding hydrogens is 334 g/mol. The summed E-state index contributed by atoms with van der Waals surface area (Å²) in [6.07, 6.45) is 0.879. The van der Waals surface area contributed by atoms with Crippen molar-refractivity contribution in [2.75, 3.05) is 0 Å². The summed E-state index contributed by atoms with van der Waals surface area (Å²) in [6, 6.07) is 4.97. The number of rotatable bonds is 3. The molecule has 134 valence electrons. The van der Waals surface area contributed by atoms with Crippen molar-refractivity contribution in [3.63, 3.8) is 0 Å². The summed E-state index contributed by atoms with van der Waals surface area (Å²) in [4.78, 5) is 12.2. The minimum Gasteiger partial charge on any atom is -0.426 e. The summed E-state index contributed by atoms with van der Waals surface area (Å²) in [7, 11) is -4.28. The lowest BCUT2D eigenvalue weighted by Crippen LogP contribution is -2.60. The van der Waals surface area contributed by atoms with Crippen LogP contribution in [0.4, 0.5) is 0 Å². The Morgan fingerprint density at radius 2 is 1.58 bits per heavy atom. The molecule has 2 rings (SSSR count). The molecule has 24 heavy (non-hydrogen) atoms. The zero-order valence-corrected chi connectivity index (χ0v) is 15.0. The lowest BCUT2D eigenvalue weighted by Gasteiger charge is -2.50. The van der Waals surface area contributed by atoms with Gasteiger partial charge in [-0.05, 0) is 64.8 Å². The van der Waals surface area contributed by atoms with Gasteiger partial charge < -0.3 is 9.94 Å². The Morgan fingerprint density at radius 3 is 2.00 bits per heavy atom. The van der Waals surface area contributed by atoms with Gasteiger partial charge in [0.2, 0.25) is 0 Å². The van der Waals surface area contributed by atoms with Gasteiger partial charge in [-0.25, -0.2) is 0 Å². The molecule has 1 fully saturated rings. The van der Waals surface area contributed by atoms with E-state index in [0.29, 0.717) is 12.8 Å². The molecule has 7 nitrogen and oxygen atoms in total. The van der Waals surface area contributed by atoms with E-state index in [1.54, 1.807) is 0 Å². The summed E-state index contributed by atoms with van der Waals surface area (Å²) in [6.45, 7) is 7.42. The van der Waals surface area contributed by atoms with E-state index in [-0.39, 0.29) is 16.6 Å². The van der Waals surface area contributed by atoms with Gasteiger partial charge in [0, 0.05) is 11.1 Å². The Kier molecular flexibility index (Phi) is 4.80. The van der Waals surface area contributed by atoms with Crippen LogP contribution in [0.1, 0.15) is 40.5 Å². The molecule has 1 heterocycles. The second-order valence-electron chi connectivity index (χ2n) is 7.41. The maximum Gasteiger partial charge on any atom is 0.314 e. The van der Waals surface area contributed by atoms with Crippen LogP contribution in [-0.2, 0) is 14.9 Å². The van der Waals surface area contributed by atoms with Crippen LogP contribution in [0, 0.1) is 5.92 Å². The van der Waals surface area contributed by atoms with E-state index < -0.39 is 27.2 Å². The van der Waals surface area contributed by atoms with E-state index in [0.717, 1.165) is 0 Å². The molecule has 1 aromatic rings. The van der Waals surface area contributed by atoms with Gasteiger partial charge in [-0.2, -0.15) is 13.5 Å². The summed E-state index contributed by atoms with van der Waals surface area (Å²) < 4.78 is 36.3. The van der Waals surface area contributed by atoms with E-state index in [9.17, 15) is 18.4 Å². The van der Waals surface area contributed by atoms with Gasteiger partial charge >= 0.3 is 5.97 Å². The van der Waals surface area contributed by atoms with Gasteiger partial charge in [0.25, 0.3) is 10.1 Å². The number of benzene rings is 1. The van der Waals surface area contributed by atoms with Gasteiger partial charge in [-0.1, -0.05) is 0 Å². The highest BCUT2D eigenvalue weighted by atomic mass is 32.2. The van der Waals surface area contributed by atoms with Crippen LogP contribution in [0.2, 0.25) is 0 Å². The Bertz CT molecular complexity index is 705. The number of esters is 1. The predicted octanol–water partition coefficient (Wildman–Crippen LogP) is 2.50. The first kappa shape index (κ1) is 18.9. The van der Waals surface area contributed by atoms with Crippen molar-refractivity contribution in [1.82, 2.24) is 5.06 Å². The Morgan fingerprint density at radius 1 is 1.12 bits per heavy atom. The average molecular weight is 357 g/mol. The molecule has 1 aromatic carbocycles. The molecular formula is C16H23NO6S. The first-order valence-corrected chi connectivity index (χ1v) is 9.05. The van der Waals surface area contributed by atoms with Gasteiger partial charge in [0.1, 0.15) is 5.75 Å². The largest absolute Gasteiger partial charge is 0.426 e. The van der Waals surface area contributed by atoms with Crippen LogP contribution < -0.4 is 4.74 Å². The standard InChI is InChI=1S/C16H23NO6S/c1-15(2)9-11(10-16(3,4)17(15)19)14(18)23-12-5-7-13(8-6-12)24(20,21)22/h5-8,11,19H,9-10H2,1-4H3,(H,20,21,22). The zero-order chi connectivity index (χ0) is 18.3. The smallest absolute Gasteiger partial charge is 0.314 e. The average Bonchev–Trinajstić information content (AvgIpc) is 2.43. The zero-order valence-electron chi connectivity index (χ0n) is 14.2. The molecule has 0 amide bonds. The van der Waals surface area contributed by atoms with Crippen molar-refractivity contribution in [3.05, 3.63) is 24.3 Å². The number of hydroxylamine groups is 2. The van der Waals surface area contributed by atoms with Gasteiger partial charge in [-0.3, -0.25) is 9.35 Å². The number of ether oxygens (including phenoxy) is 1. The first-order valence-electron chi connectivity index (χ1n) is 7.61.